The van der Waals surface area contributed by atoms with Gasteiger partial charge in [-0.2, -0.15) is 0 Å². The van der Waals surface area contributed by atoms with Gasteiger partial charge in [-0.15, -0.1) is 0 Å². The summed E-state index contributed by atoms with van der Waals surface area (Å²) in [7, 11) is 1.62. The summed E-state index contributed by atoms with van der Waals surface area (Å²) in [5, 5.41) is 0. The first kappa shape index (κ1) is 19.2. The molecule has 6 heteroatoms. The highest BCUT2D eigenvalue weighted by Gasteiger charge is 2.14. The van der Waals surface area contributed by atoms with Crippen molar-refractivity contribution in [3.63, 3.8) is 0 Å². The molecule has 0 radical (unpaired) electrons. The van der Waals surface area contributed by atoms with E-state index in [1.54, 1.807) is 49.7 Å². The molecular formula is C22H21NO5. The number of carbonyl (C=O) groups excluding carboxylic acids is 2. The molecule has 144 valence electrons. The molecule has 0 atom stereocenters. The van der Waals surface area contributed by atoms with Crippen molar-refractivity contribution < 1.29 is 23.5 Å². The number of hydrogen-bond acceptors (Lipinski definition) is 5. The predicted molar refractivity (Wildman–Crippen MR) is 103 cm³/mol. The van der Waals surface area contributed by atoms with Gasteiger partial charge in [0, 0.05) is 7.05 Å². The number of esters is 1. The van der Waals surface area contributed by atoms with Gasteiger partial charge in [-0.05, 0) is 42.0 Å². The van der Waals surface area contributed by atoms with E-state index >= 15 is 0 Å². The molecule has 1 heterocycles. The molecular weight excluding hydrogens is 358 g/mol. The first-order chi connectivity index (χ1) is 13.6. The van der Waals surface area contributed by atoms with Crippen LogP contribution in [0, 0.1) is 0 Å². The van der Waals surface area contributed by atoms with Gasteiger partial charge in [0.2, 0.25) is 0 Å². The SMILES string of the molecule is CN(Cc1ccco1)C(=O)COC(=O)c1ccc(OCc2ccccc2)cc1. The van der Waals surface area contributed by atoms with Crippen LogP contribution in [0.15, 0.2) is 77.4 Å². The van der Waals surface area contributed by atoms with Crippen molar-refractivity contribution >= 4 is 11.9 Å². The van der Waals surface area contributed by atoms with Gasteiger partial charge in [-0.3, -0.25) is 4.79 Å². The lowest BCUT2D eigenvalue weighted by atomic mass is 10.2. The molecule has 0 unspecified atom stereocenters. The number of amides is 1. The second-order valence-corrected chi connectivity index (χ2v) is 6.20. The highest BCUT2D eigenvalue weighted by Crippen LogP contribution is 2.15. The van der Waals surface area contributed by atoms with Crippen molar-refractivity contribution in [3.05, 3.63) is 89.9 Å². The molecule has 6 nitrogen and oxygen atoms in total. The molecule has 0 saturated carbocycles. The van der Waals surface area contributed by atoms with Crippen LogP contribution in [0.2, 0.25) is 0 Å². The van der Waals surface area contributed by atoms with Crippen LogP contribution in [0.4, 0.5) is 0 Å². The van der Waals surface area contributed by atoms with Gasteiger partial charge in [0.15, 0.2) is 6.61 Å². The zero-order valence-corrected chi connectivity index (χ0v) is 15.5. The van der Waals surface area contributed by atoms with Gasteiger partial charge < -0.3 is 18.8 Å². The second-order valence-electron chi connectivity index (χ2n) is 6.20. The predicted octanol–water partition coefficient (Wildman–Crippen LogP) is 3.67. The average Bonchev–Trinajstić information content (AvgIpc) is 3.24. The fraction of sp³-hybridized carbons (Fsp3) is 0.182. The fourth-order valence-corrected chi connectivity index (χ4v) is 2.47. The number of nitrogens with zero attached hydrogens (tertiary/aromatic N) is 1. The van der Waals surface area contributed by atoms with Crippen molar-refractivity contribution in [1.29, 1.82) is 0 Å². The number of carbonyl (C=O) groups is 2. The van der Waals surface area contributed by atoms with Gasteiger partial charge in [-0.25, -0.2) is 4.79 Å². The molecule has 0 saturated heterocycles. The van der Waals surface area contributed by atoms with Crippen molar-refractivity contribution in [2.45, 2.75) is 13.2 Å². The van der Waals surface area contributed by atoms with Crippen LogP contribution in [0.5, 0.6) is 5.75 Å². The minimum atomic E-state index is -0.561. The molecule has 28 heavy (non-hydrogen) atoms. The van der Waals surface area contributed by atoms with E-state index in [1.165, 1.54) is 4.90 Å². The van der Waals surface area contributed by atoms with E-state index in [0.717, 1.165) is 5.56 Å². The van der Waals surface area contributed by atoms with E-state index in [9.17, 15) is 9.59 Å². The highest BCUT2D eigenvalue weighted by molar-refractivity contribution is 5.91. The van der Waals surface area contributed by atoms with Crippen LogP contribution in [-0.2, 0) is 22.7 Å². The molecule has 0 aliphatic heterocycles. The van der Waals surface area contributed by atoms with Crippen LogP contribution >= 0.6 is 0 Å². The number of ether oxygens (including phenoxy) is 2. The Bertz CT molecular complexity index is 888. The molecule has 1 aromatic heterocycles. The molecule has 0 fully saturated rings. The number of benzene rings is 2. The maximum atomic E-state index is 12.1. The van der Waals surface area contributed by atoms with E-state index in [0.29, 0.717) is 30.2 Å². The highest BCUT2D eigenvalue weighted by atomic mass is 16.5. The molecule has 3 rings (SSSR count). The Labute approximate surface area is 163 Å². The van der Waals surface area contributed by atoms with Crippen LogP contribution in [0.25, 0.3) is 0 Å². The van der Waals surface area contributed by atoms with E-state index in [1.807, 2.05) is 30.3 Å². The summed E-state index contributed by atoms with van der Waals surface area (Å²) < 4.78 is 16.0. The fourth-order valence-electron chi connectivity index (χ4n) is 2.47. The Hall–Kier alpha value is -3.54. The van der Waals surface area contributed by atoms with Gasteiger partial charge in [0.1, 0.15) is 18.1 Å². The zero-order valence-electron chi connectivity index (χ0n) is 15.5. The van der Waals surface area contributed by atoms with E-state index in [2.05, 4.69) is 0 Å². The molecule has 1 amide bonds. The largest absolute Gasteiger partial charge is 0.489 e. The number of furan rings is 1. The lowest BCUT2D eigenvalue weighted by Gasteiger charge is -2.15. The summed E-state index contributed by atoms with van der Waals surface area (Å²) in [6.45, 7) is 0.431. The quantitative estimate of drug-likeness (QED) is 0.559. The minimum absolute atomic E-state index is 0.312. The number of rotatable bonds is 8. The summed E-state index contributed by atoms with van der Waals surface area (Å²) in [4.78, 5) is 25.6. The monoisotopic (exact) mass is 379 g/mol. The van der Waals surface area contributed by atoms with Crippen molar-refractivity contribution in [2.24, 2.45) is 0 Å². The normalized spacial score (nSPS) is 10.3. The van der Waals surface area contributed by atoms with Crippen LogP contribution in [-0.4, -0.2) is 30.4 Å². The van der Waals surface area contributed by atoms with Crippen molar-refractivity contribution in [3.8, 4) is 5.75 Å². The standard InChI is InChI=1S/C22H21NO5/c1-23(14-20-8-5-13-26-20)21(24)16-28-22(25)18-9-11-19(12-10-18)27-15-17-6-3-2-4-7-17/h2-13H,14-16H2,1H3. The Morgan fingerprint density at radius 2 is 1.71 bits per heavy atom. The molecule has 0 N–H and O–H groups in total. The van der Waals surface area contributed by atoms with Crippen LogP contribution < -0.4 is 4.74 Å². The van der Waals surface area contributed by atoms with Gasteiger partial charge in [0.05, 0.1) is 18.4 Å². The molecule has 0 spiro atoms. The summed E-state index contributed by atoms with van der Waals surface area (Å²) in [5.74, 6) is 0.435. The zero-order chi connectivity index (χ0) is 19.8. The topological polar surface area (TPSA) is 69.0 Å². The maximum absolute atomic E-state index is 12.1. The Balaban J connectivity index is 1.45. The summed E-state index contributed by atoms with van der Waals surface area (Å²) in [6, 6.07) is 19.9. The van der Waals surface area contributed by atoms with Gasteiger partial charge >= 0.3 is 5.97 Å². The lowest BCUT2D eigenvalue weighted by Crippen LogP contribution is -2.30. The molecule has 2 aromatic carbocycles. The smallest absolute Gasteiger partial charge is 0.338 e. The third-order valence-corrected chi connectivity index (χ3v) is 4.06. The van der Waals surface area contributed by atoms with E-state index < -0.39 is 5.97 Å². The van der Waals surface area contributed by atoms with Crippen LogP contribution in [0.1, 0.15) is 21.7 Å². The summed E-state index contributed by atoms with van der Waals surface area (Å²) >= 11 is 0. The molecule has 0 bridgehead atoms. The van der Waals surface area contributed by atoms with E-state index in [4.69, 9.17) is 13.9 Å². The number of hydrogen-bond donors (Lipinski definition) is 0. The molecule has 3 aromatic rings. The van der Waals surface area contributed by atoms with Gasteiger partial charge in [-0.1, -0.05) is 30.3 Å². The third kappa shape index (κ3) is 5.48. The summed E-state index contributed by atoms with van der Waals surface area (Å²) in [5.41, 5.74) is 1.41. The lowest BCUT2D eigenvalue weighted by molar-refractivity contribution is -0.133. The van der Waals surface area contributed by atoms with E-state index in [-0.39, 0.29) is 12.5 Å². The molecule has 0 aliphatic carbocycles. The Morgan fingerprint density at radius 3 is 2.39 bits per heavy atom. The first-order valence-electron chi connectivity index (χ1n) is 8.82. The Kier molecular flexibility index (Phi) is 6.46. The number of likely N-dealkylation sites (N-methyl/N-ethyl adjacent to an activating group) is 1. The third-order valence-electron chi connectivity index (χ3n) is 4.06. The Morgan fingerprint density at radius 1 is 0.964 bits per heavy atom. The molecule has 0 aliphatic rings. The maximum Gasteiger partial charge on any atom is 0.338 e. The average molecular weight is 379 g/mol. The minimum Gasteiger partial charge on any atom is -0.489 e. The van der Waals surface area contributed by atoms with Crippen molar-refractivity contribution in [1.82, 2.24) is 4.90 Å². The van der Waals surface area contributed by atoms with Crippen molar-refractivity contribution in [2.75, 3.05) is 13.7 Å². The van der Waals surface area contributed by atoms with Gasteiger partial charge in [0.25, 0.3) is 5.91 Å². The van der Waals surface area contributed by atoms with Crippen LogP contribution in [0.3, 0.4) is 0 Å². The first-order valence-corrected chi connectivity index (χ1v) is 8.82. The second kappa shape index (κ2) is 9.41. The summed E-state index contributed by atoms with van der Waals surface area (Å²) in [6.07, 6.45) is 1.54.